The number of amides is 1. The second-order valence-corrected chi connectivity index (χ2v) is 7.37. The van der Waals surface area contributed by atoms with Crippen LogP contribution in [0.3, 0.4) is 0 Å². The SMILES string of the molecule is Cc1nn(Cc2cccc(C(F)(F)F)c2)c(C)c1NC(=O)c1c(Cl)c(C(F)(F)F)nn1C. The Morgan fingerprint density at radius 2 is 1.75 bits per heavy atom. The quantitative estimate of drug-likeness (QED) is 0.521. The molecule has 172 valence electrons. The van der Waals surface area contributed by atoms with E-state index in [-0.39, 0.29) is 12.2 Å². The molecule has 3 aromatic rings. The number of benzene rings is 1. The molecule has 0 fully saturated rings. The Bertz CT molecular complexity index is 1180. The van der Waals surface area contributed by atoms with E-state index in [0.717, 1.165) is 23.9 Å². The van der Waals surface area contributed by atoms with Crippen molar-refractivity contribution >= 4 is 23.2 Å². The number of hydrogen-bond donors (Lipinski definition) is 1. The van der Waals surface area contributed by atoms with Crippen LogP contribution in [0.2, 0.25) is 5.02 Å². The fourth-order valence-electron chi connectivity index (χ4n) is 3.15. The lowest BCUT2D eigenvalue weighted by Gasteiger charge is -2.10. The highest BCUT2D eigenvalue weighted by Crippen LogP contribution is 2.36. The van der Waals surface area contributed by atoms with Gasteiger partial charge in [0.25, 0.3) is 5.91 Å². The lowest BCUT2D eigenvalue weighted by molar-refractivity contribution is -0.141. The zero-order valence-corrected chi connectivity index (χ0v) is 17.6. The predicted octanol–water partition coefficient (Wildman–Crippen LogP) is 5.23. The van der Waals surface area contributed by atoms with Crippen LogP contribution >= 0.6 is 11.6 Å². The molecular weight excluding hydrogens is 464 g/mol. The monoisotopic (exact) mass is 479 g/mol. The summed E-state index contributed by atoms with van der Waals surface area (Å²) >= 11 is 5.74. The fraction of sp³-hybridized carbons (Fsp3) is 0.316. The normalized spacial score (nSPS) is 12.3. The van der Waals surface area contributed by atoms with Crippen molar-refractivity contribution in [2.75, 3.05) is 5.32 Å². The zero-order valence-electron chi connectivity index (χ0n) is 16.9. The van der Waals surface area contributed by atoms with Gasteiger partial charge in [0.05, 0.1) is 29.2 Å². The van der Waals surface area contributed by atoms with Gasteiger partial charge in [0, 0.05) is 7.05 Å². The minimum Gasteiger partial charge on any atom is -0.317 e. The summed E-state index contributed by atoms with van der Waals surface area (Å²) in [5.74, 6) is -0.940. The summed E-state index contributed by atoms with van der Waals surface area (Å²) < 4.78 is 79.9. The molecule has 0 saturated carbocycles. The van der Waals surface area contributed by atoms with E-state index in [1.165, 1.54) is 23.7 Å². The van der Waals surface area contributed by atoms with Crippen molar-refractivity contribution < 1.29 is 31.1 Å². The Kier molecular flexibility index (Phi) is 6.02. The summed E-state index contributed by atoms with van der Waals surface area (Å²) in [5.41, 5.74) is -1.46. The first-order valence-electron chi connectivity index (χ1n) is 9.01. The number of nitrogens with zero attached hydrogens (tertiary/aromatic N) is 4. The van der Waals surface area contributed by atoms with Crippen LogP contribution in [0.4, 0.5) is 32.0 Å². The Morgan fingerprint density at radius 3 is 2.31 bits per heavy atom. The minimum absolute atomic E-state index is 0.0167. The summed E-state index contributed by atoms with van der Waals surface area (Å²) in [4.78, 5) is 12.6. The van der Waals surface area contributed by atoms with E-state index in [4.69, 9.17) is 11.6 Å². The number of aryl methyl sites for hydroxylation is 2. The number of anilines is 1. The molecule has 0 saturated heterocycles. The van der Waals surface area contributed by atoms with Gasteiger partial charge < -0.3 is 5.32 Å². The van der Waals surface area contributed by atoms with Crippen molar-refractivity contribution in [2.24, 2.45) is 7.05 Å². The Hall–Kier alpha value is -3.02. The molecule has 0 aliphatic heterocycles. The summed E-state index contributed by atoms with van der Waals surface area (Å²) in [7, 11) is 1.15. The molecule has 6 nitrogen and oxygen atoms in total. The van der Waals surface area contributed by atoms with E-state index >= 15 is 0 Å². The van der Waals surface area contributed by atoms with Gasteiger partial charge in [-0.15, -0.1) is 0 Å². The van der Waals surface area contributed by atoms with E-state index in [1.807, 2.05) is 0 Å². The van der Waals surface area contributed by atoms with Gasteiger partial charge in [-0.05, 0) is 31.5 Å². The minimum atomic E-state index is -4.84. The van der Waals surface area contributed by atoms with Crippen LogP contribution in [0, 0.1) is 13.8 Å². The summed E-state index contributed by atoms with van der Waals surface area (Å²) in [6.45, 7) is 3.09. The molecule has 2 heterocycles. The number of aromatic nitrogens is 4. The van der Waals surface area contributed by atoms with Gasteiger partial charge in [0.1, 0.15) is 10.7 Å². The molecule has 0 aliphatic rings. The van der Waals surface area contributed by atoms with E-state index in [1.54, 1.807) is 6.92 Å². The third kappa shape index (κ3) is 4.59. The van der Waals surface area contributed by atoms with E-state index in [0.29, 0.717) is 17.0 Å². The number of halogens is 7. The third-order valence-corrected chi connectivity index (χ3v) is 5.04. The predicted molar refractivity (Wildman–Crippen MR) is 103 cm³/mol. The maximum absolute atomic E-state index is 13.0. The summed E-state index contributed by atoms with van der Waals surface area (Å²) in [5, 5.41) is 9.11. The second-order valence-electron chi connectivity index (χ2n) is 6.99. The van der Waals surface area contributed by atoms with Gasteiger partial charge in [-0.1, -0.05) is 23.7 Å². The van der Waals surface area contributed by atoms with Crippen LogP contribution in [-0.2, 0) is 25.9 Å². The van der Waals surface area contributed by atoms with Crippen LogP contribution in [0.25, 0.3) is 0 Å². The van der Waals surface area contributed by atoms with Gasteiger partial charge in [-0.25, -0.2) is 0 Å². The van der Waals surface area contributed by atoms with Crippen molar-refractivity contribution in [3.8, 4) is 0 Å². The molecule has 0 bridgehead atoms. The van der Waals surface area contributed by atoms with E-state index in [2.05, 4.69) is 15.5 Å². The molecule has 13 heteroatoms. The highest BCUT2D eigenvalue weighted by atomic mass is 35.5. The van der Waals surface area contributed by atoms with Gasteiger partial charge in [0.2, 0.25) is 0 Å². The van der Waals surface area contributed by atoms with Gasteiger partial charge >= 0.3 is 12.4 Å². The molecule has 1 amide bonds. The molecule has 3 rings (SSSR count). The van der Waals surface area contributed by atoms with Crippen LogP contribution in [0.5, 0.6) is 0 Å². The molecule has 1 N–H and O–H groups in total. The van der Waals surface area contributed by atoms with Crippen LogP contribution < -0.4 is 5.32 Å². The van der Waals surface area contributed by atoms with E-state index < -0.39 is 40.2 Å². The number of alkyl halides is 6. The standard InChI is InChI=1S/C19H16ClF6N5O/c1-9-14(27-17(32)15-13(20)16(19(24,25)26)29-30(15)3)10(2)31(28-9)8-11-5-4-6-12(7-11)18(21,22)23/h4-7H,8H2,1-3H3,(H,27,32). The van der Waals surface area contributed by atoms with Crippen molar-refractivity contribution in [2.45, 2.75) is 32.7 Å². The molecule has 0 aliphatic carbocycles. The maximum Gasteiger partial charge on any atom is 0.436 e. The van der Waals surface area contributed by atoms with Gasteiger partial charge in [0.15, 0.2) is 5.69 Å². The number of nitrogens with one attached hydrogen (secondary N) is 1. The first-order valence-corrected chi connectivity index (χ1v) is 9.39. The first kappa shape index (κ1) is 23.6. The largest absolute Gasteiger partial charge is 0.436 e. The Morgan fingerprint density at radius 1 is 1.09 bits per heavy atom. The molecular formula is C19H16ClF6N5O. The lowest BCUT2D eigenvalue weighted by atomic mass is 10.1. The van der Waals surface area contributed by atoms with Crippen molar-refractivity contribution in [1.29, 1.82) is 0 Å². The number of rotatable bonds is 4. The maximum atomic E-state index is 13.0. The van der Waals surface area contributed by atoms with Gasteiger partial charge in [-0.2, -0.15) is 36.5 Å². The molecule has 2 aromatic heterocycles. The van der Waals surface area contributed by atoms with E-state index in [9.17, 15) is 31.1 Å². The number of carbonyl (C=O) groups excluding carboxylic acids is 1. The third-order valence-electron chi connectivity index (χ3n) is 4.68. The smallest absolute Gasteiger partial charge is 0.317 e. The van der Waals surface area contributed by atoms with Crippen molar-refractivity contribution in [1.82, 2.24) is 19.6 Å². The van der Waals surface area contributed by atoms with Crippen molar-refractivity contribution in [3.63, 3.8) is 0 Å². The molecule has 1 aromatic carbocycles. The second kappa shape index (κ2) is 8.15. The van der Waals surface area contributed by atoms with Crippen molar-refractivity contribution in [3.05, 3.63) is 63.2 Å². The zero-order chi connectivity index (χ0) is 24.0. The highest BCUT2D eigenvalue weighted by Gasteiger charge is 2.40. The Labute approximate surface area is 182 Å². The van der Waals surface area contributed by atoms with Crippen LogP contribution in [0.15, 0.2) is 24.3 Å². The average Bonchev–Trinajstić information content (AvgIpc) is 3.11. The Balaban J connectivity index is 1.88. The summed E-state index contributed by atoms with van der Waals surface area (Å²) in [6, 6.07) is 4.71. The van der Waals surface area contributed by atoms with Gasteiger partial charge in [-0.3, -0.25) is 14.2 Å². The van der Waals surface area contributed by atoms with Crippen LogP contribution in [0.1, 0.15) is 38.7 Å². The van der Waals surface area contributed by atoms with Crippen LogP contribution in [-0.4, -0.2) is 25.5 Å². The number of carbonyl (C=O) groups is 1. The molecule has 32 heavy (non-hydrogen) atoms. The number of hydrogen-bond acceptors (Lipinski definition) is 3. The highest BCUT2D eigenvalue weighted by molar-refractivity contribution is 6.34. The average molecular weight is 480 g/mol. The fourth-order valence-corrected chi connectivity index (χ4v) is 3.50. The first-order chi connectivity index (χ1) is 14.7. The topological polar surface area (TPSA) is 64.7 Å². The lowest BCUT2D eigenvalue weighted by Crippen LogP contribution is -2.17. The molecule has 0 spiro atoms. The molecule has 0 atom stereocenters. The summed E-state index contributed by atoms with van der Waals surface area (Å²) in [6.07, 6.45) is -9.34. The molecule has 0 radical (unpaired) electrons. The molecule has 0 unspecified atom stereocenters.